The van der Waals surface area contributed by atoms with Crippen LogP contribution in [0.1, 0.15) is 45.5 Å². The van der Waals surface area contributed by atoms with Crippen molar-refractivity contribution in [3.05, 3.63) is 70.3 Å². The molecule has 0 unspecified atom stereocenters. The molecule has 1 amide bonds. The summed E-state index contributed by atoms with van der Waals surface area (Å²) < 4.78 is 5.57. The molecule has 0 spiro atoms. The van der Waals surface area contributed by atoms with Gasteiger partial charge in [0.05, 0.1) is 0 Å². The number of rotatable bonds is 4. The smallest absolute Gasteiger partial charge is 0.251 e. The van der Waals surface area contributed by atoms with Gasteiger partial charge in [-0.25, -0.2) is 0 Å². The van der Waals surface area contributed by atoms with Crippen molar-refractivity contribution < 1.29 is 9.53 Å². The van der Waals surface area contributed by atoms with Crippen LogP contribution in [0.5, 0.6) is 0 Å². The summed E-state index contributed by atoms with van der Waals surface area (Å²) in [7, 11) is 0. The Morgan fingerprint density at radius 2 is 1.64 bits per heavy atom. The van der Waals surface area contributed by atoms with Crippen molar-refractivity contribution in [3.63, 3.8) is 0 Å². The van der Waals surface area contributed by atoms with E-state index in [1.807, 2.05) is 19.1 Å². The summed E-state index contributed by atoms with van der Waals surface area (Å²) in [6.45, 7) is 8.27. The Labute approximate surface area is 150 Å². The van der Waals surface area contributed by atoms with Gasteiger partial charge in [-0.05, 0) is 61.9 Å². The van der Waals surface area contributed by atoms with E-state index in [9.17, 15) is 4.79 Å². The summed E-state index contributed by atoms with van der Waals surface area (Å²) in [5.74, 6) is 0.0161. The Morgan fingerprint density at radius 1 is 1.00 bits per heavy atom. The van der Waals surface area contributed by atoms with E-state index in [1.165, 1.54) is 11.1 Å². The Bertz CT molecular complexity index is 746. The van der Waals surface area contributed by atoms with Crippen LogP contribution in [0.4, 0.5) is 0 Å². The second-order valence-electron chi connectivity index (χ2n) is 7.19. The van der Waals surface area contributed by atoms with Crippen molar-refractivity contribution in [2.75, 3.05) is 19.8 Å². The minimum atomic E-state index is -0.0389. The molecule has 1 saturated heterocycles. The summed E-state index contributed by atoms with van der Waals surface area (Å²) in [4.78, 5) is 12.8. The highest BCUT2D eigenvalue weighted by atomic mass is 16.5. The number of carbonyl (C=O) groups is 1. The second-order valence-corrected chi connectivity index (χ2v) is 7.19. The summed E-state index contributed by atoms with van der Waals surface area (Å²) in [5, 5.41) is 3.20. The molecule has 0 aromatic heterocycles. The highest BCUT2D eigenvalue weighted by molar-refractivity contribution is 5.96. The topological polar surface area (TPSA) is 38.3 Å². The highest BCUT2D eigenvalue weighted by Gasteiger charge is 2.34. The molecule has 132 valence electrons. The van der Waals surface area contributed by atoms with Gasteiger partial charge in [-0.15, -0.1) is 0 Å². The zero-order valence-electron chi connectivity index (χ0n) is 15.4. The van der Waals surface area contributed by atoms with Crippen LogP contribution >= 0.6 is 0 Å². The molecule has 0 radical (unpaired) electrons. The van der Waals surface area contributed by atoms with E-state index in [-0.39, 0.29) is 11.3 Å². The van der Waals surface area contributed by atoms with Crippen LogP contribution in [0.15, 0.2) is 42.5 Å². The third-order valence-electron chi connectivity index (χ3n) is 5.51. The van der Waals surface area contributed by atoms with Gasteiger partial charge in [-0.1, -0.05) is 36.4 Å². The van der Waals surface area contributed by atoms with Gasteiger partial charge in [0.1, 0.15) is 0 Å². The first-order chi connectivity index (χ1) is 12.0. The van der Waals surface area contributed by atoms with E-state index >= 15 is 0 Å². The minimum Gasteiger partial charge on any atom is -0.381 e. The van der Waals surface area contributed by atoms with Gasteiger partial charge in [-0.3, -0.25) is 4.79 Å². The number of aryl methyl sites for hydroxylation is 3. The lowest BCUT2D eigenvalue weighted by atomic mass is 9.74. The summed E-state index contributed by atoms with van der Waals surface area (Å²) >= 11 is 0. The molecule has 1 heterocycles. The van der Waals surface area contributed by atoms with Crippen LogP contribution in [0.2, 0.25) is 0 Å². The maximum atomic E-state index is 12.8. The van der Waals surface area contributed by atoms with Crippen LogP contribution in [0, 0.1) is 20.8 Å². The molecule has 1 N–H and O–H groups in total. The number of amides is 1. The first kappa shape index (κ1) is 17.7. The van der Waals surface area contributed by atoms with Crippen LogP contribution < -0.4 is 5.32 Å². The van der Waals surface area contributed by atoms with Crippen molar-refractivity contribution in [2.45, 2.75) is 39.0 Å². The summed E-state index contributed by atoms with van der Waals surface area (Å²) in [5.41, 5.74) is 5.43. The number of hydrogen-bond acceptors (Lipinski definition) is 2. The lowest BCUT2D eigenvalue weighted by Gasteiger charge is -2.38. The van der Waals surface area contributed by atoms with Crippen LogP contribution in [-0.4, -0.2) is 25.7 Å². The number of hydrogen-bond donors (Lipinski definition) is 1. The van der Waals surface area contributed by atoms with Crippen molar-refractivity contribution in [2.24, 2.45) is 0 Å². The highest BCUT2D eigenvalue weighted by Crippen LogP contribution is 2.34. The molecular weight excluding hydrogens is 310 g/mol. The maximum absolute atomic E-state index is 12.8. The summed E-state index contributed by atoms with van der Waals surface area (Å²) in [6, 6.07) is 14.6. The first-order valence-electron chi connectivity index (χ1n) is 9.01. The van der Waals surface area contributed by atoms with Crippen LogP contribution in [0.25, 0.3) is 0 Å². The fraction of sp³-hybridized carbons (Fsp3) is 0.409. The Morgan fingerprint density at radius 3 is 2.32 bits per heavy atom. The van der Waals surface area contributed by atoms with E-state index in [2.05, 4.69) is 49.5 Å². The molecule has 1 aliphatic heterocycles. The molecule has 0 saturated carbocycles. The molecule has 0 atom stereocenters. The molecule has 3 nitrogen and oxygen atoms in total. The largest absolute Gasteiger partial charge is 0.381 e. The molecule has 1 aliphatic rings. The minimum absolute atomic E-state index is 0.0161. The molecule has 3 heteroatoms. The molecule has 2 aromatic carbocycles. The SMILES string of the molecule is Cc1cc(C)c(C(=O)NCC2(c3ccccc3)CCOCC2)cc1C. The van der Waals surface area contributed by atoms with Gasteiger partial charge in [-0.2, -0.15) is 0 Å². The number of ether oxygens (including phenoxy) is 1. The van der Waals surface area contributed by atoms with E-state index in [4.69, 9.17) is 4.74 Å². The van der Waals surface area contributed by atoms with Crippen molar-refractivity contribution in [1.82, 2.24) is 5.32 Å². The second kappa shape index (κ2) is 7.40. The third kappa shape index (κ3) is 3.77. The maximum Gasteiger partial charge on any atom is 0.251 e. The number of carbonyl (C=O) groups excluding carboxylic acids is 1. The average Bonchev–Trinajstić information content (AvgIpc) is 2.64. The first-order valence-corrected chi connectivity index (χ1v) is 9.01. The Hall–Kier alpha value is -2.13. The Balaban J connectivity index is 1.80. The lowest BCUT2D eigenvalue weighted by Crippen LogP contribution is -2.44. The van der Waals surface area contributed by atoms with E-state index in [0.717, 1.165) is 42.7 Å². The van der Waals surface area contributed by atoms with Crippen LogP contribution in [-0.2, 0) is 10.2 Å². The molecule has 2 aromatic rings. The quantitative estimate of drug-likeness (QED) is 0.912. The number of benzene rings is 2. The zero-order valence-corrected chi connectivity index (χ0v) is 15.4. The van der Waals surface area contributed by atoms with Crippen molar-refractivity contribution >= 4 is 5.91 Å². The van der Waals surface area contributed by atoms with Gasteiger partial charge < -0.3 is 10.1 Å². The van der Waals surface area contributed by atoms with E-state index in [1.54, 1.807) is 0 Å². The van der Waals surface area contributed by atoms with Gasteiger partial charge in [0.15, 0.2) is 0 Å². The molecule has 0 bridgehead atoms. The van der Waals surface area contributed by atoms with E-state index in [0.29, 0.717) is 6.54 Å². The normalized spacial score (nSPS) is 16.4. The number of nitrogens with one attached hydrogen (secondary N) is 1. The molecule has 25 heavy (non-hydrogen) atoms. The fourth-order valence-corrected chi connectivity index (χ4v) is 3.67. The Kier molecular flexibility index (Phi) is 5.24. The lowest BCUT2D eigenvalue weighted by molar-refractivity contribution is 0.0487. The predicted octanol–water partition coefficient (Wildman–Crippen LogP) is 4.09. The van der Waals surface area contributed by atoms with Crippen molar-refractivity contribution in [3.8, 4) is 0 Å². The third-order valence-corrected chi connectivity index (χ3v) is 5.51. The zero-order chi connectivity index (χ0) is 17.9. The van der Waals surface area contributed by atoms with Crippen molar-refractivity contribution in [1.29, 1.82) is 0 Å². The van der Waals surface area contributed by atoms with Gasteiger partial charge in [0, 0.05) is 30.7 Å². The van der Waals surface area contributed by atoms with Crippen LogP contribution in [0.3, 0.4) is 0 Å². The monoisotopic (exact) mass is 337 g/mol. The summed E-state index contributed by atoms with van der Waals surface area (Å²) in [6.07, 6.45) is 1.87. The molecule has 0 aliphatic carbocycles. The molecule has 1 fully saturated rings. The van der Waals surface area contributed by atoms with E-state index < -0.39 is 0 Å². The van der Waals surface area contributed by atoms with Gasteiger partial charge >= 0.3 is 0 Å². The fourth-order valence-electron chi connectivity index (χ4n) is 3.67. The molecular formula is C22H27NO2. The van der Waals surface area contributed by atoms with Gasteiger partial charge in [0.25, 0.3) is 5.91 Å². The molecule has 3 rings (SSSR count). The standard InChI is InChI=1S/C22H27NO2/c1-16-13-18(3)20(14-17(16)2)21(24)23-15-22(9-11-25-12-10-22)19-7-5-4-6-8-19/h4-8,13-14H,9-12,15H2,1-3H3,(H,23,24). The van der Waals surface area contributed by atoms with Gasteiger partial charge in [0.2, 0.25) is 0 Å². The average molecular weight is 337 g/mol. The predicted molar refractivity (Wildman–Crippen MR) is 101 cm³/mol.